The van der Waals surface area contributed by atoms with Crippen molar-refractivity contribution in [2.24, 2.45) is 23.2 Å². The van der Waals surface area contributed by atoms with Gasteiger partial charge in [0.2, 0.25) is 0 Å². The van der Waals surface area contributed by atoms with Gasteiger partial charge in [-0.05, 0) is 55.4 Å². The minimum atomic E-state index is 0.193. The molecule has 22 heavy (non-hydrogen) atoms. The van der Waals surface area contributed by atoms with Crippen LogP contribution in [0.25, 0.3) is 0 Å². The molecule has 0 bridgehead atoms. The van der Waals surface area contributed by atoms with Gasteiger partial charge in [-0.15, -0.1) is 0 Å². The molecule has 0 radical (unpaired) electrons. The van der Waals surface area contributed by atoms with Crippen LogP contribution in [0.5, 0.6) is 0 Å². The Bertz CT molecular complexity index is 522. The van der Waals surface area contributed by atoms with Gasteiger partial charge in [0.15, 0.2) is 5.78 Å². The van der Waals surface area contributed by atoms with Gasteiger partial charge >= 0.3 is 0 Å². The van der Waals surface area contributed by atoms with Crippen LogP contribution in [0.3, 0.4) is 0 Å². The summed E-state index contributed by atoms with van der Waals surface area (Å²) in [6.07, 6.45) is 8.01. The molecule has 0 aliphatic heterocycles. The molecular formula is C20H30O2. The van der Waals surface area contributed by atoms with Crippen molar-refractivity contribution in [3.05, 3.63) is 23.3 Å². The molecule has 1 fully saturated rings. The summed E-state index contributed by atoms with van der Waals surface area (Å²) < 4.78 is 0. The molecule has 0 saturated heterocycles. The van der Waals surface area contributed by atoms with Gasteiger partial charge in [0.25, 0.3) is 0 Å². The maximum Gasteiger partial charge on any atom is 0.162 e. The van der Waals surface area contributed by atoms with E-state index in [2.05, 4.69) is 26.8 Å². The van der Waals surface area contributed by atoms with Gasteiger partial charge in [-0.1, -0.05) is 38.5 Å². The molecule has 2 aliphatic carbocycles. The van der Waals surface area contributed by atoms with Crippen LogP contribution in [0.2, 0.25) is 0 Å². The van der Waals surface area contributed by atoms with Gasteiger partial charge in [0.1, 0.15) is 5.78 Å². The fourth-order valence-corrected chi connectivity index (χ4v) is 3.87. The van der Waals surface area contributed by atoms with E-state index in [-0.39, 0.29) is 5.78 Å². The van der Waals surface area contributed by atoms with E-state index in [1.54, 1.807) is 0 Å². The fourth-order valence-electron chi connectivity index (χ4n) is 3.87. The number of Topliss-reactive ketones (excluding diaryl/α,β-unsaturated/α-hetero) is 2. The third-order valence-electron chi connectivity index (χ3n) is 5.67. The summed E-state index contributed by atoms with van der Waals surface area (Å²) >= 11 is 0. The molecule has 0 N–H and O–H groups in total. The van der Waals surface area contributed by atoms with Crippen LogP contribution in [0.1, 0.15) is 66.7 Å². The lowest BCUT2D eigenvalue weighted by Gasteiger charge is -2.11. The monoisotopic (exact) mass is 302 g/mol. The molecule has 2 heteroatoms. The van der Waals surface area contributed by atoms with Crippen LogP contribution in [-0.2, 0) is 9.59 Å². The normalized spacial score (nSPS) is 38.1. The number of ketones is 2. The highest BCUT2D eigenvalue weighted by Gasteiger charge is 2.55. The summed E-state index contributed by atoms with van der Waals surface area (Å²) in [5.74, 6) is 2.15. The maximum absolute atomic E-state index is 12.2. The summed E-state index contributed by atoms with van der Waals surface area (Å²) in [6.45, 7) is 10.7. The first-order valence-electron chi connectivity index (χ1n) is 8.60. The van der Waals surface area contributed by atoms with Crippen LogP contribution >= 0.6 is 0 Å². The maximum atomic E-state index is 12.2. The Morgan fingerprint density at radius 1 is 1.14 bits per heavy atom. The fraction of sp³-hybridized carbons (Fsp3) is 0.700. The minimum Gasteiger partial charge on any atom is -0.299 e. The Morgan fingerprint density at radius 3 is 2.50 bits per heavy atom. The summed E-state index contributed by atoms with van der Waals surface area (Å²) in [5.41, 5.74) is 2.22. The zero-order chi connectivity index (χ0) is 16.5. The molecule has 0 aromatic rings. The number of fused-ring (bicyclic) bond motifs is 1. The Balaban J connectivity index is 2.18. The Labute approximate surface area is 135 Å². The van der Waals surface area contributed by atoms with E-state index >= 15 is 0 Å². The van der Waals surface area contributed by atoms with Gasteiger partial charge < -0.3 is 0 Å². The highest BCUT2D eigenvalue weighted by molar-refractivity contribution is 5.96. The van der Waals surface area contributed by atoms with E-state index in [1.165, 1.54) is 6.42 Å². The Hall–Kier alpha value is -1.18. The second-order valence-electron chi connectivity index (χ2n) is 8.08. The highest BCUT2D eigenvalue weighted by Crippen LogP contribution is 2.61. The Morgan fingerprint density at radius 2 is 1.82 bits per heavy atom. The van der Waals surface area contributed by atoms with E-state index in [1.807, 2.05) is 19.9 Å². The van der Waals surface area contributed by atoms with Crippen molar-refractivity contribution in [3.8, 4) is 0 Å². The molecular weight excluding hydrogens is 272 g/mol. The summed E-state index contributed by atoms with van der Waals surface area (Å²) in [7, 11) is 0. The van der Waals surface area contributed by atoms with E-state index < -0.39 is 0 Å². The molecule has 1 saturated carbocycles. The van der Waals surface area contributed by atoms with Gasteiger partial charge in [-0.25, -0.2) is 0 Å². The third-order valence-corrected chi connectivity index (χ3v) is 5.67. The predicted molar refractivity (Wildman–Crippen MR) is 90.5 cm³/mol. The molecule has 3 atom stereocenters. The zero-order valence-corrected chi connectivity index (χ0v) is 14.7. The smallest absolute Gasteiger partial charge is 0.162 e. The van der Waals surface area contributed by atoms with Crippen molar-refractivity contribution >= 4 is 11.6 Å². The van der Waals surface area contributed by atoms with Crippen LogP contribution in [0.4, 0.5) is 0 Å². The van der Waals surface area contributed by atoms with E-state index in [0.717, 1.165) is 17.6 Å². The first-order chi connectivity index (χ1) is 10.2. The molecule has 122 valence electrons. The molecule has 0 heterocycles. The number of hydrogen-bond donors (Lipinski definition) is 0. The van der Waals surface area contributed by atoms with E-state index in [9.17, 15) is 9.59 Å². The van der Waals surface area contributed by atoms with E-state index in [4.69, 9.17) is 0 Å². The first kappa shape index (κ1) is 17.2. The lowest BCUT2D eigenvalue weighted by atomic mass is 9.93. The average molecular weight is 302 g/mol. The number of allylic oxidation sites excluding steroid dienone is 4. The number of rotatable bonds is 0. The van der Waals surface area contributed by atoms with Gasteiger partial charge in [0.05, 0.1) is 0 Å². The van der Waals surface area contributed by atoms with Crippen LogP contribution in [-0.4, -0.2) is 11.6 Å². The molecule has 2 rings (SSSR count). The highest BCUT2D eigenvalue weighted by atomic mass is 16.1. The summed E-state index contributed by atoms with van der Waals surface area (Å²) in [6, 6.07) is 0. The lowest BCUT2D eigenvalue weighted by molar-refractivity contribution is -0.119. The zero-order valence-electron chi connectivity index (χ0n) is 14.7. The van der Waals surface area contributed by atoms with Crippen LogP contribution in [0, 0.1) is 23.2 Å². The lowest BCUT2D eigenvalue weighted by Crippen LogP contribution is -2.07. The average Bonchev–Trinajstić information content (AvgIpc) is 2.92. The molecule has 2 aliphatic rings. The molecule has 0 spiro atoms. The van der Waals surface area contributed by atoms with Crippen LogP contribution < -0.4 is 0 Å². The minimum absolute atomic E-state index is 0.193. The number of carbonyl (C=O) groups is 2. The summed E-state index contributed by atoms with van der Waals surface area (Å²) in [4.78, 5) is 24.3. The standard InChI is InChI=1S/C20H30O2/c1-13-6-8-17-18(20(17,4)5)12-15(3)19(22)9-7-14(2)11-16(21)10-13/h7,12-13,17-18H,6,8-11H2,1-5H3/b14-7+,15-12+/t13-,17-,18-/m0/s1. The van der Waals surface area contributed by atoms with Crippen molar-refractivity contribution in [2.45, 2.75) is 66.7 Å². The summed E-state index contributed by atoms with van der Waals surface area (Å²) in [5, 5.41) is 0. The second-order valence-corrected chi connectivity index (χ2v) is 8.08. The van der Waals surface area contributed by atoms with Crippen molar-refractivity contribution in [2.75, 3.05) is 0 Å². The van der Waals surface area contributed by atoms with Crippen molar-refractivity contribution in [1.82, 2.24) is 0 Å². The quantitative estimate of drug-likeness (QED) is 0.597. The topological polar surface area (TPSA) is 34.1 Å². The molecule has 0 aromatic carbocycles. The van der Waals surface area contributed by atoms with Gasteiger partial charge in [-0.2, -0.15) is 0 Å². The largest absolute Gasteiger partial charge is 0.299 e. The van der Waals surface area contributed by atoms with Crippen molar-refractivity contribution in [3.63, 3.8) is 0 Å². The van der Waals surface area contributed by atoms with Gasteiger partial charge in [-0.3, -0.25) is 9.59 Å². The third kappa shape index (κ3) is 3.97. The molecule has 0 aromatic heterocycles. The number of carbonyl (C=O) groups excluding carboxylic acids is 2. The molecule has 0 unspecified atom stereocenters. The SMILES string of the molecule is C/C1=C\CC(=O)/C(C)=C/[C@H]2[C@H](CC[C@H](C)CC(=O)C1)C2(C)C. The van der Waals surface area contributed by atoms with Crippen molar-refractivity contribution in [1.29, 1.82) is 0 Å². The number of hydrogen-bond acceptors (Lipinski definition) is 2. The van der Waals surface area contributed by atoms with Crippen molar-refractivity contribution < 1.29 is 9.59 Å². The first-order valence-corrected chi connectivity index (χ1v) is 8.60. The van der Waals surface area contributed by atoms with Crippen LogP contribution in [0.15, 0.2) is 23.3 Å². The van der Waals surface area contributed by atoms with E-state index in [0.29, 0.717) is 48.2 Å². The predicted octanol–water partition coefficient (Wildman–Crippen LogP) is 4.89. The molecule has 2 nitrogen and oxygen atoms in total. The molecule has 0 amide bonds. The Kier molecular flexibility index (Phi) is 5.09. The van der Waals surface area contributed by atoms with Gasteiger partial charge in [0, 0.05) is 19.3 Å². The second kappa shape index (κ2) is 6.52.